The standard InChI is InChI=1S/C43H52N2O6/c44-27-39(40(47)25-32-14-18-35-28-45-23-22-34(35)24-32)33-16-12-31(13-17-33)29-51-43(50)11-7-2-1-6-10-37-38(42(49)26-41(37)48)21-20-36(46)19-15-30-8-4-3-5-9-30/h1,3-6,8-9,12-14,16-18,22-24,28,36-39,41-42,46,48-49H,2,7,10-11,15,19-21,25-27,29,44H2/b6-1-/t36-,37?,38+,39?,41-,42+/m0/s1. The van der Waals surface area contributed by atoms with Gasteiger partial charge >= 0.3 is 5.97 Å². The third-order valence-corrected chi connectivity index (χ3v) is 10.3. The van der Waals surface area contributed by atoms with E-state index in [0.717, 1.165) is 33.9 Å². The molecule has 1 fully saturated rings. The number of carbonyl (C=O) groups is 2. The fourth-order valence-corrected chi connectivity index (χ4v) is 7.25. The van der Waals surface area contributed by atoms with E-state index in [2.05, 4.69) is 17.1 Å². The number of unbranched alkanes of at least 4 members (excludes halogenated alkanes) is 1. The summed E-state index contributed by atoms with van der Waals surface area (Å²) in [5.41, 5.74) is 9.85. The van der Waals surface area contributed by atoms with Gasteiger partial charge < -0.3 is 25.8 Å². The number of hydrogen-bond donors (Lipinski definition) is 4. The van der Waals surface area contributed by atoms with E-state index in [1.54, 1.807) is 12.4 Å². The lowest BCUT2D eigenvalue weighted by Crippen LogP contribution is -2.23. The number of pyridine rings is 1. The van der Waals surface area contributed by atoms with Crippen LogP contribution in [-0.2, 0) is 33.8 Å². The molecule has 1 saturated carbocycles. The zero-order chi connectivity index (χ0) is 36.0. The molecule has 8 heteroatoms. The minimum Gasteiger partial charge on any atom is -0.461 e. The summed E-state index contributed by atoms with van der Waals surface area (Å²) < 4.78 is 5.49. The number of rotatable bonds is 19. The van der Waals surface area contributed by atoms with Crippen molar-refractivity contribution in [2.24, 2.45) is 17.6 Å². The predicted molar refractivity (Wildman–Crippen MR) is 200 cm³/mol. The van der Waals surface area contributed by atoms with Crippen LogP contribution in [0.2, 0.25) is 0 Å². The highest BCUT2D eigenvalue weighted by atomic mass is 16.5. The number of carbonyl (C=O) groups excluding carboxylic acids is 2. The molecule has 0 bridgehead atoms. The Morgan fingerprint density at radius 2 is 1.65 bits per heavy atom. The van der Waals surface area contributed by atoms with E-state index in [0.29, 0.717) is 57.8 Å². The number of esters is 1. The second kappa shape index (κ2) is 19.4. The quantitative estimate of drug-likeness (QED) is 0.0504. The first kappa shape index (κ1) is 38.0. The molecule has 0 spiro atoms. The van der Waals surface area contributed by atoms with Crippen LogP contribution in [0.15, 0.2) is 103 Å². The van der Waals surface area contributed by atoms with Gasteiger partial charge in [-0.25, -0.2) is 0 Å². The molecule has 8 nitrogen and oxygen atoms in total. The number of benzene rings is 3. The molecule has 4 aromatic rings. The van der Waals surface area contributed by atoms with Crippen molar-refractivity contribution in [1.82, 2.24) is 4.98 Å². The topological polar surface area (TPSA) is 143 Å². The Hall–Kier alpha value is -4.21. The van der Waals surface area contributed by atoms with Crippen LogP contribution in [0.4, 0.5) is 0 Å². The molecule has 6 atom stereocenters. The highest BCUT2D eigenvalue weighted by molar-refractivity contribution is 5.89. The largest absolute Gasteiger partial charge is 0.461 e. The molecule has 5 N–H and O–H groups in total. The van der Waals surface area contributed by atoms with Gasteiger partial charge in [0.1, 0.15) is 12.4 Å². The van der Waals surface area contributed by atoms with Crippen molar-refractivity contribution >= 4 is 22.5 Å². The molecule has 0 aliphatic heterocycles. The smallest absolute Gasteiger partial charge is 0.306 e. The maximum Gasteiger partial charge on any atom is 0.306 e. The average molecular weight is 693 g/mol. The first-order valence-corrected chi connectivity index (χ1v) is 18.3. The summed E-state index contributed by atoms with van der Waals surface area (Å²) in [5, 5.41) is 33.8. The average Bonchev–Trinajstić information content (AvgIpc) is 3.42. The van der Waals surface area contributed by atoms with Gasteiger partial charge in [0.25, 0.3) is 0 Å². The molecule has 1 aromatic heterocycles. The van der Waals surface area contributed by atoms with Gasteiger partial charge in [-0.2, -0.15) is 0 Å². The monoisotopic (exact) mass is 692 g/mol. The number of Topliss-reactive ketones (excluding diaryl/α,β-unsaturated/α-hetero) is 1. The van der Waals surface area contributed by atoms with E-state index in [9.17, 15) is 24.9 Å². The van der Waals surface area contributed by atoms with E-state index in [4.69, 9.17) is 10.5 Å². The molecular formula is C43H52N2O6. The molecule has 51 heavy (non-hydrogen) atoms. The number of ether oxygens (including phenoxy) is 1. The normalized spacial score (nSPS) is 20.1. The first-order chi connectivity index (χ1) is 24.8. The predicted octanol–water partition coefficient (Wildman–Crippen LogP) is 6.38. The SMILES string of the molecule is NCC(C(=O)Cc1ccc2cnccc2c1)c1ccc(COC(=O)CCC/C=C\CC2[C@@H](CC[C@@H](O)CCc3ccccc3)[C@H](O)C[C@@H]2O)cc1. The second-order valence-electron chi connectivity index (χ2n) is 13.9. The van der Waals surface area contributed by atoms with Crippen LogP contribution in [0.5, 0.6) is 0 Å². The number of aliphatic hydroxyl groups is 3. The van der Waals surface area contributed by atoms with Gasteiger partial charge in [-0.15, -0.1) is 0 Å². The lowest BCUT2D eigenvalue weighted by Gasteiger charge is -2.23. The van der Waals surface area contributed by atoms with Crippen molar-refractivity contribution in [2.75, 3.05) is 6.54 Å². The van der Waals surface area contributed by atoms with Gasteiger partial charge in [-0.3, -0.25) is 14.6 Å². The molecule has 0 radical (unpaired) electrons. The summed E-state index contributed by atoms with van der Waals surface area (Å²) in [4.78, 5) is 29.7. The van der Waals surface area contributed by atoms with Gasteiger partial charge in [-0.05, 0) is 96.9 Å². The minimum absolute atomic E-state index is 0.0461. The van der Waals surface area contributed by atoms with Crippen LogP contribution in [0.25, 0.3) is 10.8 Å². The number of allylic oxidation sites excluding steroid dienone is 2. The summed E-state index contributed by atoms with van der Waals surface area (Å²) in [5.74, 6) is -0.724. The summed E-state index contributed by atoms with van der Waals surface area (Å²) in [6.07, 6.45) is 11.8. The number of nitrogens with two attached hydrogens (primary N) is 1. The molecule has 1 aliphatic rings. The van der Waals surface area contributed by atoms with E-state index in [-0.39, 0.29) is 36.7 Å². The molecule has 1 heterocycles. The van der Waals surface area contributed by atoms with Crippen molar-refractivity contribution in [1.29, 1.82) is 0 Å². The molecular weight excluding hydrogens is 640 g/mol. The van der Waals surface area contributed by atoms with Gasteiger partial charge in [0.15, 0.2) is 0 Å². The number of aromatic nitrogens is 1. The molecule has 5 rings (SSSR count). The van der Waals surface area contributed by atoms with Crippen molar-refractivity contribution in [2.45, 2.75) is 95.0 Å². The van der Waals surface area contributed by atoms with E-state index in [1.807, 2.05) is 78.9 Å². The zero-order valence-corrected chi connectivity index (χ0v) is 29.4. The van der Waals surface area contributed by atoms with E-state index >= 15 is 0 Å². The third-order valence-electron chi connectivity index (χ3n) is 10.3. The Morgan fingerprint density at radius 1 is 0.882 bits per heavy atom. The van der Waals surface area contributed by atoms with Crippen LogP contribution >= 0.6 is 0 Å². The number of aliphatic hydroxyl groups excluding tert-OH is 3. The molecule has 0 saturated heterocycles. The summed E-state index contributed by atoms with van der Waals surface area (Å²) in [7, 11) is 0. The maximum absolute atomic E-state index is 13.2. The lowest BCUT2D eigenvalue weighted by molar-refractivity contribution is -0.145. The van der Waals surface area contributed by atoms with Gasteiger partial charge in [0, 0.05) is 37.2 Å². The maximum atomic E-state index is 13.2. The van der Waals surface area contributed by atoms with Crippen LogP contribution < -0.4 is 5.73 Å². The molecule has 2 unspecified atom stereocenters. The van der Waals surface area contributed by atoms with E-state index < -0.39 is 24.2 Å². The molecule has 1 aliphatic carbocycles. The number of fused-ring (bicyclic) bond motifs is 1. The van der Waals surface area contributed by atoms with Crippen LogP contribution in [-0.4, -0.2) is 56.9 Å². The first-order valence-electron chi connectivity index (χ1n) is 18.3. The summed E-state index contributed by atoms with van der Waals surface area (Å²) in [6.45, 7) is 0.370. The molecule has 270 valence electrons. The Bertz CT molecular complexity index is 1710. The fraction of sp³-hybridized carbons (Fsp3) is 0.419. The second-order valence-corrected chi connectivity index (χ2v) is 13.9. The third kappa shape index (κ3) is 11.4. The Morgan fingerprint density at radius 3 is 2.43 bits per heavy atom. The van der Waals surface area contributed by atoms with Crippen molar-refractivity contribution < 1.29 is 29.6 Å². The Kier molecular flexibility index (Phi) is 14.5. The summed E-state index contributed by atoms with van der Waals surface area (Å²) >= 11 is 0. The van der Waals surface area contributed by atoms with Crippen LogP contribution in [0, 0.1) is 11.8 Å². The molecule has 3 aromatic carbocycles. The number of aryl methyl sites for hydroxylation is 1. The van der Waals surface area contributed by atoms with Crippen molar-refractivity contribution in [3.63, 3.8) is 0 Å². The highest BCUT2D eigenvalue weighted by Crippen LogP contribution is 2.38. The van der Waals surface area contributed by atoms with Gasteiger partial charge in [-0.1, -0.05) is 84.9 Å². The number of ketones is 1. The van der Waals surface area contributed by atoms with Crippen molar-refractivity contribution in [3.8, 4) is 0 Å². The van der Waals surface area contributed by atoms with E-state index in [1.165, 1.54) is 5.56 Å². The minimum atomic E-state index is -0.561. The van der Waals surface area contributed by atoms with Gasteiger partial charge in [0.05, 0.1) is 24.2 Å². The summed E-state index contributed by atoms with van der Waals surface area (Å²) in [6, 6.07) is 25.5. The zero-order valence-electron chi connectivity index (χ0n) is 29.4. The Labute approximate surface area is 301 Å². The van der Waals surface area contributed by atoms with Crippen LogP contribution in [0.1, 0.15) is 79.5 Å². The van der Waals surface area contributed by atoms with Crippen LogP contribution in [0.3, 0.4) is 0 Å². The molecule has 0 amide bonds. The number of hydrogen-bond acceptors (Lipinski definition) is 8. The number of nitrogens with zero attached hydrogens (tertiary/aromatic N) is 1. The lowest BCUT2D eigenvalue weighted by atomic mass is 9.85. The fourth-order valence-electron chi connectivity index (χ4n) is 7.25. The Balaban J connectivity index is 0.983. The van der Waals surface area contributed by atoms with Crippen molar-refractivity contribution in [3.05, 3.63) is 126 Å². The van der Waals surface area contributed by atoms with Gasteiger partial charge in [0.2, 0.25) is 0 Å². The highest BCUT2D eigenvalue weighted by Gasteiger charge is 2.40.